The number of fused-ring (bicyclic) bond motifs is 1. The first-order valence-corrected chi connectivity index (χ1v) is 3.78. The molecule has 66 valence electrons. The van der Waals surface area contributed by atoms with E-state index in [1.54, 1.807) is 0 Å². The summed E-state index contributed by atoms with van der Waals surface area (Å²) in [6.07, 6.45) is 2.59. The zero-order chi connectivity index (χ0) is 9.42. The van der Waals surface area contributed by atoms with E-state index in [2.05, 4.69) is 15.0 Å². The number of nitrogens with two attached hydrogens (primary N) is 1. The molecule has 0 radical (unpaired) electrons. The average molecular weight is 199 g/mol. The van der Waals surface area contributed by atoms with Crippen molar-refractivity contribution in [2.75, 3.05) is 5.73 Å². The van der Waals surface area contributed by atoms with E-state index >= 15 is 0 Å². The lowest BCUT2D eigenvalue weighted by Gasteiger charge is -2.01. The molecule has 4 nitrogen and oxygen atoms in total. The molecule has 0 aromatic carbocycles. The molecule has 0 aliphatic carbocycles. The van der Waals surface area contributed by atoms with Crippen LogP contribution in [0, 0.1) is 5.82 Å². The van der Waals surface area contributed by atoms with Crippen LogP contribution in [0.3, 0.4) is 0 Å². The molecular formula is C7H4ClFN4. The number of nitrogen functional groups attached to an aromatic ring is 1. The Bertz CT molecular complexity index is 473. The van der Waals surface area contributed by atoms with Crippen LogP contribution in [-0.2, 0) is 0 Å². The van der Waals surface area contributed by atoms with E-state index in [-0.39, 0.29) is 16.4 Å². The summed E-state index contributed by atoms with van der Waals surface area (Å²) in [5, 5.41) is -0.114. The summed E-state index contributed by atoms with van der Waals surface area (Å²) in [6.45, 7) is 0. The van der Waals surface area contributed by atoms with Crippen molar-refractivity contribution in [3.8, 4) is 0 Å². The smallest absolute Gasteiger partial charge is 0.173 e. The first-order chi connectivity index (χ1) is 6.20. The summed E-state index contributed by atoms with van der Waals surface area (Å²) in [5.41, 5.74) is 5.79. The lowest BCUT2D eigenvalue weighted by Crippen LogP contribution is -1.97. The maximum atomic E-state index is 13.3. The van der Waals surface area contributed by atoms with E-state index < -0.39 is 5.82 Å². The highest BCUT2D eigenvalue weighted by Gasteiger charge is 2.10. The number of rotatable bonds is 0. The second-order valence-corrected chi connectivity index (χ2v) is 2.74. The van der Waals surface area contributed by atoms with Crippen LogP contribution in [0.5, 0.6) is 0 Å². The summed E-state index contributed by atoms with van der Waals surface area (Å²) in [7, 11) is 0. The Morgan fingerprint density at radius 2 is 2.08 bits per heavy atom. The van der Waals surface area contributed by atoms with Crippen molar-refractivity contribution >= 4 is 28.3 Å². The monoisotopic (exact) mass is 198 g/mol. The predicted molar refractivity (Wildman–Crippen MR) is 46.7 cm³/mol. The molecule has 0 unspecified atom stereocenters. The Hall–Kier alpha value is -1.49. The fourth-order valence-electron chi connectivity index (χ4n) is 1.01. The molecule has 0 saturated heterocycles. The van der Waals surface area contributed by atoms with E-state index in [0.29, 0.717) is 5.52 Å². The zero-order valence-corrected chi connectivity index (χ0v) is 7.09. The molecule has 0 amide bonds. The minimum atomic E-state index is -0.683. The lowest BCUT2D eigenvalue weighted by atomic mass is 10.3. The first-order valence-electron chi connectivity index (χ1n) is 3.40. The highest BCUT2D eigenvalue weighted by Crippen LogP contribution is 2.23. The zero-order valence-electron chi connectivity index (χ0n) is 6.33. The molecule has 2 rings (SSSR count). The molecule has 0 fully saturated rings. The SMILES string of the molecule is Nc1ncnc2cnc(Cl)c(F)c12. The Kier molecular flexibility index (Phi) is 1.73. The van der Waals surface area contributed by atoms with Crippen LogP contribution in [0.4, 0.5) is 10.2 Å². The van der Waals surface area contributed by atoms with Gasteiger partial charge >= 0.3 is 0 Å². The van der Waals surface area contributed by atoms with E-state index in [9.17, 15) is 4.39 Å². The van der Waals surface area contributed by atoms with E-state index in [1.165, 1.54) is 12.5 Å². The van der Waals surface area contributed by atoms with Crippen molar-refractivity contribution in [1.29, 1.82) is 0 Å². The van der Waals surface area contributed by atoms with Gasteiger partial charge in [0.25, 0.3) is 0 Å². The molecular weight excluding hydrogens is 195 g/mol. The van der Waals surface area contributed by atoms with Crippen molar-refractivity contribution in [2.45, 2.75) is 0 Å². The van der Waals surface area contributed by atoms with Crippen LogP contribution < -0.4 is 5.73 Å². The maximum absolute atomic E-state index is 13.3. The molecule has 0 spiro atoms. The van der Waals surface area contributed by atoms with Gasteiger partial charge in [0.15, 0.2) is 11.0 Å². The van der Waals surface area contributed by atoms with Gasteiger partial charge < -0.3 is 5.73 Å². The largest absolute Gasteiger partial charge is 0.383 e. The molecule has 0 saturated carbocycles. The standard InChI is InChI=1S/C7H4ClFN4/c8-6-5(9)4-3(1-11-6)12-2-13-7(4)10/h1-2H,(H2,10,12,13). The van der Waals surface area contributed by atoms with Gasteiger partial charge in [-0.2, -0.15) is 0 Å². The van der Waals surface area contributed by atoms with Gasteiger partial charge in [-0.15, -0.1) is 0 Å². The molecule has 0 atom stereocenters. The van der Waals surface area contributed by atoms with E-state index in [1.807, 2.05) is 0 Å². The summed E-state index contributed by atoms with van der Waals surface area (Å²) < 4.78 is 13.3. The highest BCUT2D eigenvalue weighted by atomic mass is 35.5. The van der Waals surface area contributed by atoms with Crippen molar-refractivity contribution in [2.24, 2.45) is 0 Å². The maximum Gasteiger partial charge on any atom is 0.173 e. The lowest BCUT2D eigenvalue weighted by molar-refractivity contribution is 0.634. The Balaban J connectivity index is 2.97. The summed E-state index contributed by atoms with van der Waals surface area (Å²) in [6, 6.07) is 0. The summed E-state index contributed by atoms with van der Waals surface area (Å²) >= 11 is 5.46. The Morgan fingerprint density at radius 1 is 1.31 bits per heavy atom. The van der Waals surface area contributed by atoms with E-state index in [4.69, 9.17) is 17.3 Å². The minimum Gasteiger partial charge on any atom is -0.383 e. The molecule has 2 heterocycles. The van der Waals surface area contributed by atoms with Crippen molar-refractivity contribution in [3.63, 3.8) is 0 Å². The normalized spacial score (nSPS) is 10.6. The quantitative estimate of drug-likeness (QED) is 0.650. The van der Waals surface area contributed by atoms with Gasteiger partial charge in [0.1, 0.15) is 12.1 Å². The van der Waals surface area contributed by atoms with Crippen molar-refractivity contribution in [1.82, 2.24) is 15.0 Å². The third-order valence-electron chi connectivity index (χ3n) is 1.61. The minimum absolute atomic E-state index is 0.0619. The summed E-state index contributed by atoms with van der Waals surface area (Å²) in [5.74, 6) is -0.621. The van der Waals surface area contributed by atoms with Gasteiger partial charge in [-0.25, -0.2) is 19.3 Å². The number of nitrogens with zero attached hydrogens (tertiary/aromatic N) is 3. The van der Waals surface area contributed by atoms with Gasteiger partial charge in [-0.05, 0) is 0 Å². The van der Waals surface area contributed by atoms with Crippen molar-refractivity contribution in [3.05, 3.63) is 23.5 Å². The molecule has 0 bridgehead atoms. The van der Waals surface area contributed by atoms with Crippen LogP contribution in [0.25, 0.3) is 10.9 Å². The number of halogens is 2. The fraction of sp³-hybridized carbons (Fsp3) is 0. The predicted octanol–water partition coefficient (Wildman–Crippen LogP) is 1.40. The van der Waals surface area contributed by atoms with Gasteiger partial charge in [-0.1, -0.05) is 11.6 Å². The third kappa shape index (κ3) is 1.17. The Morgan fingerprint density at radius 3 is 2.85 bits per heavy atom. The summed E-state index contributed by atoms with van der Waals surface area (Å²) in [4.78, 5) is 11.0. The van der Waals surface area contributed by atoms with Gasteiger partial charge in [0, 0.05) is 0 Å². The van der Waals surface area contributed by atoms with E-state index in [0.717, 1.165) is 0 Å². The first kappa shape index (κ1) is 8.12. The number of pyridine rings is 1. The van der Waals surface area contributed by atoms with Gasteiger partial charge in [-0.3, -0.25) is 0 Å². The number of hydrogen-bond donors (Lipinski definition) is 1. The second-order valence-electron chi connectivity index (χ2n) is 2.38. The molecule has 0 aliphatic rings. The van der Waals surface area contributed by atoms with Gasteiger partial charge in [0.05, 0.1) is 17.1 Å². The number of hydrogen-bond acceptors (Lipinski definition) is 4. The highest BCUT2D eigenvalue weighted by molar-refractivity contribution is 6.30. The molecule has 2 aromatic heterocycles. The van der Waals surface area contributed by atoms with Crippen LogP contribution >= 0.6 is 11.6 Å². The second kappa shape index (κ2) is 2.77. The van der Waals surface area contributed by atoms with Crippen molar-refractivity contribution < 1.29 is 4.39 Å². The number of anilines is 1. The van der Waals surface area contributed by atoms with Crippen LogP contribution in [0.1, 0.15) is 0 Å². The molecule has 2 N–H and O–H groups in total. The molecule has 2 aromatic rings. The number of aromatic nitrogens is 3. The van der Waals surface area contributed by atoms with Crippen LogP contribution in [0.2, 0.25) is 5.15 Å². The van der Waals surface area contributed by atoms with Gasteiger partial charge in [0.2, 0.25) is 0 Å². The van der Waals surface area contributed by atoms with Crippen LogP contribution in [0.15, 0.2) is 12.5 Å². The third-order valence-corrected chi connectivity index (χ3v) is 1.87. The molecule has 13 heavy (non-hydrogen) atoms. The fourth-order valence-corrected chi connectivity index (χ4v) is 1.16. The topological polar surface area (TPSA) is 64.7 Å². The van der Waals surface area contributed by atoms with Crippen LogP contribution in [-0.4, -0.2) is 15.0 Å². The Labute approximate surface area is 77.6 Å². The molecule has 6 heteroatoms. The average Bonchev–Trinajstić information content (AvgIpc) is 2.12. The molecule has 0 aliphatic heterocycles.